The Morgan fingerprint density at radius 1 is 1.26 bits per heavy atom. The lowest BCUT2D eigenvalue weighted by atomic mass is 9.79. The first-order valence-corrected chi connectivity index (χ1v) is 7.45. The van der Waals surface area contributed by atoms with Crippen molar-refractivity contribution in [2.24, 2.45) is 17.8 Å². The number of hydrogen-bond donors (Lipinski definition) is 1. The van der Waals surface area contributed by atoms with Crippen LogP contribution in [0.15, 0.2) is 0 Å². The van der Waals surface area contributed by atoms with Gasteiger partial charge in [0.2, 0.25) is 0 Å². The highest BCUT2D eigenvalue weighted by atomic mass is 16.5. The van der Waals surface area contributed by atoms with Crippen LogP contribution in [0.1, 0.15) is 58.8 Å². The van der Waals surface area contributed by atoms with Gasteiger partial charge in [0, 0.05) is 0 Å². The second-order valence-electron chi connectivity index (χ2n) is 5.64. The smallest absolute Gasteiger partial charge is 0.309 e. The fourth-order valence-electron chi connectivity index (χ4n) is 2.80. The normalized spacial score (nSPS) is 19.7. The van der Waals surface area contributed by atoms with Crippen molar-refractivity contribution >= 4 is 11.9 Å². The van der Waals surface area contributed by atoms with E-state index in [2.05, 4.69) is 0 Å². The van der Waals surface area contributed by atoms with Crippen LogP contribution in [0.4, 0.5) is 0 Å². The third kappa shape index (κ3) is 5.21. The molecule has 0 heterocycles. The van der Waals surface area contributed by atoms with E-state index < -0.39 is 17.8 Å². The maximum atomic E-state index is 11.8. The minimum Gasteiger partial charge on any atom is -0.481 e. The molecule has 1 fully saturated rings. The third-order valence-corrected chi connectivity index (χ3v) is 4.05. The molecule has 0 bridgehead atoms. The first-order chi connectivity index (χ1) is 9.06. The van der Waals surface area contributed by atoms with Crippen LogP contribution < -0.4 is 0 Å². The van der Waals surface area contributed by atoms with Gasteiger partial charge in [-0.15, -0.1) is 0 Å². The van der Waals surface area contributed by atoms with Crippen molar-refractivity contribution in [1.29, 1.82) is 0 Å². The van der Waals surface area contributed by atoms with Gasteiger partial charge in [-0.2, -0.15) is 0 Å². The molecule has 0 aromatic carbocycles. The summed E-state index contributed by atoms with van der Waals surface area (Å²) in [6.45, 7) is 3.98. The average Bonchev–Trinajstić information content (AvgIpc) is 2.42. The highest BCUT2D eigenvalue weighted by molar-refractivity contribution is 5.80. The molecule has 1 saturated carbocycles. The first kappa shape index (κ1) is 16.0. The van der Waals surface area contributed by atoms with Gasteiger partial charge in [-0.1, -0.05) is 46.0 Å². The van der Waals surface area contributed by atoms with E-state index in [0.29, 0.717) is 18.9 Å². The van der Waals surface area contributed by atoms with Crippen molar-refractivity contribution < 1.29 is 19.4 Å². The molecule has 0 spiro atoms. The van der Waals surface area contributed by atoms with Gasteiger partial charge in [0.1, 0.15) is 0 Å². The Hall–Kier alpha value is -1.06. The monoisotopic (exact) mass is 270 g/mol. The standard InChI is InChI=1S/C15H26O4/c1-3-9-19-15(18)11(2)13(14(16)17)10-12-7-5-4-6-8-12/h11-13H,3-10H2,1-2H3,(H,16,17)/t11-,13+/m1/s1. The summed E-state index contributed by atoms with van der Waals surface area (Å²) in [4.78, 5) is 23.2. The van der Waals surface area contributed by atoms with E-state index in [1.807, 2.05) is 6.92 Å². The number of esters is 1. The van der Waals surface area contributed by atoms with E-state index in [0.717, 1.165) is 19.3 Å². The number of carbonyl (C=O) groups excluding carboxylic acids is 1. The number of aliphatic carboxylic acids is 1. The zero-order valence-corrected chi connectivity index (χ0v) is 12.1. The summed E-state index contributed by atoms with van der Waals surface area (Å²) in [6.07, 6.45) is 7.19. The van der Waals surface area contributed by atoms with Crippen molar-refractivity contribution in [3.63, 3.8) is 0 Å². The van der Waals surface area contributed by atoms with Crippen LogP contribution in [0.5, 0.6) is 0 Å². The van der Waals surface area contributed by atoms with Crippen LogP contribution in [0.3, 0.4) is 0 Å². The molecule has 110 valence electrons. The number of carboxylic acid groups (broad SMARTS) is 1. The summed E-state index contributed by atoms with van der Waals surface area (Å²) in [7, 11) is 0. The van der Waals surface area contributed by atoms with Gasteiger partial charge in [0.15, 0.2) is 0 Å². The van der Waals surface area contributed by atoms with Gasteiger partial charge >= 0.3 is 11.9 Å². The van der Waals surface area contributed by atoms with E-state index >= 15 is 0 Å². The Morgan fingerprint density at radius 3 is 2.42 bits per heavy atom. The summed E-state index contributed by atoms with van der Waals surface area (Å²) in [5.74, 6) is -1.94. The van der Waals surface area contributed by atoms with Gasteiger partial charge in [-0.3, -0.25) is 9.59 Å². The number of carboxylic acids is 1. The Morgan fingerprint density at radius 2 is 1.89 bits per heavy atom. The highest BCUT2D eigenvalue weighted by Gasteiger charge is 2.33. The average molecular weight is 270 g/mol. The van der Waals surface area contributed by atoms with Crippen LogP contribution in [-0.4, -0.2) is 23.7 Å². The minimum atomic E-state index is -0.869. The maximum Gasteiger partial charge on any atom is 0.309 e. The molecule has 0 saturated heterocycles. The molecular weight excluding hydrogens is 244 g/mol. The molecule has 1 aliphatic carbocycles. The fraction of sp³-hybridized carbons (Fsp3) is 0.867. The van der Waals surface area contributed by atoms with Crippen LogP contribution in [-0.2, 0) is 14.3 Å². The molecular formula is C15H26O4. The Bertz CT molecular complexity index is 295. The highest BCUT2D eigenvalue weighted by Crippen LogP contribution is 2.32. The molecule has 19 heavy (non-hydrogen) atoms. The molecule has 0 unspecified atom stereocenters. The lowest BCUT2D eigenvalue weighted by Crippen LogP contribution is -2.31. The van der Waals surface area contributed by atoms with Gasteiger partial charge in [-0.25, -0.2) is 0 Å². The zero-order valence-electron chi connectivity index (χ0n) is 12.1. The maximum absolute atomic E-state index is 11.8. The van der Waals surface area contributed by atoms with Crippen LogP contribution in [0.2, 0.25) is 0 Å². The SMILES string of the molecule is CCCOC(=O)[C@H](C)[C@H](CC1CCCCC1)C(=O)O. The van der Waals surface area contributed by atoms with E-state index in [-0.39, 0.29) is 5.97 Å². The van der Waals surface area contributed by atoms with Crippen LogP contribution >= 0.6 is 0 Å². The lowest BCUT2D eigenvalue weighted by Gasteiger charge is -2.26. The molecule has 1 aliphatic rings. The van der Waals surface area contributed by atoms with Crippen molar-refractivity contribution in [1.82, 2.24) is 0 Å². The van der Waals surface area contributed by atoms with Crippen molar-refractivity contribution in [3.8, 4) is 0 Å². The summed E-state index contributed by atoms with van der Waals surface area (Å²) >= 11 is 0. The largest absolute Gasteiger partial charge is 0.481 e. The molecule has 2 atom stereocenters. The van der Waals surface area contributed by atoms with E-state index in [4.69, 9.17) is 4.74 Å². The molecule has 0 aromatic rings. The predicted molar refractivity (Wildman–Crippen MR) is 72.7 cm³/mol. The van der Waals surface area contributed by atoms with Gasteiger partial charge < -0.3 is 9.84 Å². The number of carbonyl (C=O) groups is 2. The van der Waals surface area contributed by atoms with Gasteiger partial charge in [0.25, 0.3) is 0 Å². The van der Waals surface area contributed by atoms with Crippen LogP contribution in [0, 0.1) is 17.8 Å². The summed E-state index contributed by atoms with van der Waals surface area (Å²) in [6, 6.07) is 0. The number of hydrogen-bond acceptors (Lipinski definition) is 3. The van der Waals surface area contributed by atoms with Gasteiger partial charge in [-0.05, 0) is 18.8 Å². The Balaban J connectivity index is 2.54. The predicted octanol–water partition coefficient (Wildman–Crippen LogP) is 3.25. The molecule has 0 aliphatic heterocycles. The topological polar surface area (TPSA) is 63.6 Å². The Kier molecular flexibility index (Phi) is 6.89. The molecule has 0 radical (unpaired) electrons. The molecule has 0 aromatic heterocycles. The third-order valence-electron chi connectivity index (χ3n) is 4.05. The van der Waals surface area contributed by atoms with Gasteiger partial charge in [0.05, 0.1) is 18.4 Å². The second-order valence-corrected chi connectivity index (χ2v) is 5.64. The molecule has 4 nitrogen and oxygen atoms in total. The molecule has 1 N–H and O–H groups in total. The zero-order chi connectivity index (χ0) is 14.3. The van der Waals surface area contributed by atoms with Crippen molar-refractivity contribution in [2.75, 3.05) is 6.61 Å². The minimum absolute atomic E-state index is 0.370. The second kappa shape index (κ2) is 8.18. The van der Waals surface area contributed by atoms with Crippen molar-refractivity contribution in [2.45, 2.75) is 58.8 Å². The van der Waals surface area contributed by atoms with E-state index in [1.54, 1.807) is 6.92 Å². The molecule has 4 heteroatoms. The quantitative estimate of drug-likeness (QED) is 0.721. The molecule has 0 amide bonds. The number of rotatable bonds is 7. The first-order valence-electron chi connectivity index (χ1n) is 7.45. The summed E-state index contributed by atoms with van der Waals surface area (Å²) < 4.78 is 5.07. The van der Waals surface area contributed by atoms with E-state index in [1.165, 1.54) is 19.3 Å². The summed E-state index contributed by atoms with van der Waals surface area (Å²) in [5, 5.41) is 9.34. The summed E-state index contributed by atoms with van der Waals surface area (Å²) in [5.41, 5.74) is 0. The number of ether oxygens (including phenoxy) is 1. The Labute approximate surface area is 115 Å². The lowest BCUT2D eigenvalue weighted by molar-refractivity contribution is -0.157. The van der Waals surface area contributed by atoms with Crippen LogP contribution in [0.25, 0.3) is 0 Å². The van der Waals surface area contributed by atoms with Crippen molar-refractivity contribution in [3.05, 3.63) is 0 Å². The fourth-order valence-corrected chi connectivity index (χ4v) is 2.80. The molecule has 1 rings (SSSR count). The van der Waals surface area contributed by atoms with E-state index in [9.17, 15) is 14.7 Å².